The van der Waals surface area contributed by atoms with Crippen LogP contribution in [0.3, 0.4) is 0 Å². The fraction of sp³-hybridized carbons (Fsp3) is 1.00. The minimum atomic E-state index is -3.30. The lowest BCUT2D eigenvalue weighted by molar-refractivity contribution is 0.375. The molecule has 0 bridgehead atoms. The van der Waals surface area contributed by atoms with Gasteiger partial charge in [-0.25, -0.2) is 9.44 Å². The topological polar surface area (TPSA) is 70.2 Å². The van der Waals surface area contributed by atoms with Crippen LogP contribution in [0.5, 0.6) is 0 Å². The second-order valence-electron chi connectivity index (χ2n) is 4.81. The number of rotatable bonds is 6. The van der Waals surface area contributed by atoms with Gasteiger partial charge in [-0.15, -0.1) is 0 Å². The lowest BCUT2D eigenvalue weighted by Crippen LogP contribution is -2.43. The molecule has 1 atom stereocenters. The lowest BCUT2D eigenvalue weighted by Gasteiger charge is -2.22. The molecule has 1 fully saturated rings. The van der Waals surface area contributed by atoms with Gasteiger partial charge in [0.1, 0.15) is 0 Å². The van der Waals surface area contributed by atoms with Crippen LogP contribution in [0.1, 0.15) is 26.7 Å². The van der Waals surface area contributed by atoms with Crippen molar-refractivity contribution in [1.82, 2.24) is 14.8 Å². The van der Waals surface area contributed by atoms with E-state index in [-0.39, 0.29) is 0 Å². The van der Waals surface area contributed by atoms with Crippen LogP contribution >= 0.6 is 0 Å². The van der Waals surface area contributed by atoms with Crippen molar-refractivity contribution in [3.05, 3.63) is 0 Å². The Morgan fingerprint density at radius 2 is 2.12 bits per heavy atom. The van der Waals surface area contributed by atoms with Crippen molar-refractivity contribution >= 4 is 10.2 Å². The fourth-order valence-corrected chi connectivity index (χ4v) is 2.76. The third-order valence-corrected chi connectivity index (χ3v) is 3.74. The van der Waals surface area contributed by atoms with E-state index in [1.165, 1.54) is 0 Å². The largest absolute Gasteiger partial charge is 0.316 e. The molecule has 5 nitrogen and oxygen atoms in total. The molecule has 1 heterocycles. The van der Waals surface area contributed by atoms with E-state index in [1.54, 1.807) is 0 Å². The minimum Gasteiger partial charge on any atom is -0.316 e. The molecule has 1 unspecified atom stereocenters. The van der Waals surface area contributed by atoms with Gasteiger partial charge in [-0.1, -0.05) is 13.8 Å². The highest BCUT2D eigenvalue weighted by atomic mass is 32.2. The first kappa shape index (κ1) is 13.9. The van der Waals surface area contributed by atoms with Crippen LogP contribution in [-0.4, -0.2) is 34.6 Å². The maximum absolute atomic E-state index is 11.5. The molecule has 1 rings (SSSR count). The molecule has 96 valence electrons. The van der Waals surface area contributed by atoms with Crippen LogP contribution in [0.15, 0.2) is 0 Å². The fourth-order valence-electron chi connectivity index (χ4n) is 1.65. The Bertz CT molecular complexity index is 284. The molecule has 1 aliphatic rings. The summed E-state index contributed by atoms with van der Waals surface area (Å²) in [6.07, 6.45) is 2.23. The van der Waals surface area contributed by atoms with Gasteiger partial charge in [-0.3, -0.25) is 0 Å². The normalized spacial score (nSPS) is 22.6. The van der Waals surface area contributed by atoms with Crippen LogP contribution in [0.25, 0.3) is 0 Å². The Morgan fingerprint density at radius 3 is 2.69 bits per heavy atom. The highest BCUT2D eigenvalue weighted by Crippen LogP contribution is 2.08. The van der Waals surface area contributed by atoms with Crippen LogP contribution in [0.2, 0.25) is 0 Å². The molecule has 0 aromatic carbocycles. The van der Waals surface area contributed by atoms with Crippen molar-refractivity contribution in [3.63, 3.8) is 0 Å². The van der Waals surface area contributed by atoms with E-state index < -0.39 is 10.2 Å². The molecule has 6 heteroatoms. The average molecular weight is 249 g/mol. The van der Waals surface area contributed by atoms with E-state index in [9.17, 15) is 8.42 Å². The zero-order valence-electron chi connectivity index (χ0n) is 10.1. The molecule has 1 aliphatic heterocycles. The van der Waals surface area contributed by atoms with E-state index in [1.807, 2.05) is 13.8 Å². The molecular weight excluding hydrogens is 226 g/mol. The minimum absolute atomic E-state index is 0.327. The molecule has 16 heavy (non-hydrogen) atoms. The van der Waals surface area contributed by atoms with Gasteiger partial charge in [0.15, 0.2) is 0 Å². The van der Waals surface area contributed by atoms with Gasteiger partial charge in [0, 0.05) is 13.1 Å². The van der Waals surface area contributed by atoms with Gasteiger partial charge >= 0.3 is 0 Å². The summed E-state index contributed by atoms with van der Waals surface area (Å²) in [6.45, 7) is 6.93. The molecule has 0 aromatic rings. The predicted molar refractivity (Wildman–Crippen MR) is 65.4 cm³/mol. The Labute approximate surface area is 98.6 Å². The predicted octanol–water partition coefficient (Wildman–Crippen LogP) is 0.0660. The van der Waals surface area contributed by atoms with Crippen LogP contribution < -0.4 is 14.8 Å². The smallest absolute Gasteiger partial charge is 0.276 e. The van der Waals surface area contributed by atoms with Crippen molar-refractivity contribution in [1.29, 1.82) is 0 Å². The number of hydrogen-bond donors (Lipinski definition) is 3. The maximum Gasteiger partial charge on any atom is 0.276 e. The number of piperidine rings is 1. The quantitative estimate of drug-likeness (QED) is 0.624. The molecular formula is C10H23N3O2S. The molecule has 0 aromatic heterocycles. The molecule has 0 radical (unpaired) electrons. The summed E-state index contributed by atoms with van der Waals surface area (Å²) < 4.78 is 28.2. The van der Waals surface area contributed by atoms with E-state index in [0.29, 0.717) is 24.9 Å². The molecule has 0 spiro atoms. The first-order valence-electron chi connectivity index (χ1n) is 5.94. The standard InChI is InChI=1S/C10H23N3O2S/c1-9(2)6-12-16(14,15)13-8-10-4-3-5-11-7-10/h9-13H,3-8H2,1-2H3. The summed E-state index contributed by atoms with van der Waals surface area (Å²) in [5, 5.41) is 3.27. The molecule has 0 saturated carbocycles. The summed E-state index contributed by atoms with van der Waals surface area (Å²) >= 11 is 0. The van der Waals surface area contributed by atoms with Crippen LogP contribution in [0, 0.1) is 11.8 Å². The summed E-state index contributed by atoms with van der Waals surface area (Å²) in [5.74, 6) is 0.747. The van der Waals surface area contributed by atoms with Crippen LogP contribution in [0.4, 0.5) is 0 Å². The highest BCUT2D eigenvalue weighted by Gasteiger charge is 2.16. The zero-order valence-corrected chi connectivity index (χ0v) is 10.9. The first-order valence-corrected chi connectivity index (χ1v) is 7.43. The van der Waals surface area contributed by atoms with Gasteiger partial charge in [0.05, 0.1) is 0 Å². The van der Waals surface area contributed by atoms with Gasteiger partial charge in [-0.05, 0) is 37.8 Å². The Balaban J connectivity index is 2.24. The SMILES string of the molecule is CC(C)CNS(=O)(=O)NCC1CCCNC1. The third kappa shape index (κ3) is 5.79. The molecule has 0 amide bonds. The summed E-state index contributed by atoms with van der Waals surface area (Å²) in [7, 11) is -3.30. The van der Waals surface area contributed by atoms with E-state index >= 15 is 0 Å². The van der Waals surface area contributed by atoms with Gasteiger partial charge in [-0.2, -0.15) is 8.42 Å². The van der Waals surface area contributed by atoms with E-state index in [4.69, 9.17) is 0 Å². The first-order chi connectivity index (χ1) is 7.49. The molecule has 0 aliphatic carbocycles. The second kappa shape index (κ2) is 6.54. The Kier molecular flexibility index (Phi) is 5.68. The summed E-state index contributed by atoms with van der Waals surface area (Å²) in [5.41, 5.74) is 0. The van der Waals surface area contributed by atoms with E-state index in [0.717, 1.165) is 25.9 Å². The number of nitrogens with one attached hydrogen (secondary N) is 3. The summed E-state index contributed by atoms with van der Waals surface area (Å²) in [6, 6.07) is 0. The summed E-state index contributed by atoms with van der Waals surface area (Å²) in [4.78, 5) is 0. The Hall–Kier alpha value is -0.170. The average Bonchev–Trinajstić information content (AvgIpc) is 2.26. The zero-order chi connectivity index (χ0) is 12.0. The number of hydrogen-bond acceptors (Lipinski definition) is 3. The lowest BCUT2D eigenvalue weighted by atomic mass is 10.0. The second-order valence-corrected chi connectivity index (χ2v) is 6.39. The Morgan fingerprint density at radius 1 is 1.38 bits per heavy atom. The molecule has 3 N–H and O–H groups in total. The van der Waals surface area contributed by atoms with Gasteiger partial charge in [0.25, 0.3) is 10.2 Å². The van der Waals surface area contributed by atoms with Crippen molar-refractivity contribution in [3.8, 4) is 0 Å². The molecule has 1 saturated heterocycles. The third-order valence-electron chi connectivity index (χ3n) is 2.64. The van der Waals surface area contributed by atoms with Crippen molar-refractivity contribution in [2.45, 2.75) is 26.7 Å². The van der Waals surface area contributed by atoms with Crippen LogP contribution in [-0.2, 0) is 10.2 Å². The van der Waals surface area contributed by atoms with Crippen molar-refractivity contribution in [2.24, 2.45) is 11.8 Å². The van der Waals surface area contributed by atoms with E-state index in [2.05, 4.69) is 14.8 Å². The van der Waals surface area contributed by atoms with Crippen molar-refractivity contribution in [2.75, 3.05) is 26.2 Å². The van der Waals surface area contributed by atoms with Gasteiger partial charge < -0.3 is 5.32 Å². The van der Waals surface area contributed by atoms with Crippen molar-refractivity contribution < 1.29 is 8.42 Å². The highest BCUT2D eigenvalue weighted by molar-refractivity contribution is 7.87. The maximum atomic E-state index is 11.5. The van der Waals surface area contributed by atoms with Gasteiger partial charge in [0.2, 0.25) is 0 Å². The monoisotopic (exact) mass is 249 g/mol.